The maximum atomic E-state index is 12.0. The van der Waals surface area contributed by atoms with E-state index in [-0.39, 0.29) is 11.9 Å². The predicted octanol–water partition coefficient (Wildman–Crippen LogP) is 4.40. The van der Waals surface area contributed by atoms with Gasteiger partial charge >= 0.3 is 0 Å². The van der Waals surface area contributed by atoms with Crippen molar-refractivity contribution < 1.29 is 4.79 Å². The molecule has 1 N–H and O–H groups in total. The van der Waals surface area contributed by atoms with Crippen molar-refractivity contribution in [2.75, 3.05) is 0 Å². The van der Waals surface area contributed by atoms with Crippen molar-refractivity contribution in [3.63, 3.8) is 0 Å². The molecule has 0 saturated heterocycles. The van der Waals surface area contributed by atoms with Gasteiger partial charge in [-0.2, -0.15) is 5.10 Å². The molecule has 0 aliphatic rings. The van der Waals surface area contributed by atoms with Gasteiger partial charge in [0.2, 0.25) is 5.91 Å². The van der Waals surface area contributed by atoms with Crippen molar-refractivity contribution in [3.8, 4) is 11.3 Å². The number of fused-ring (bicyclic) bond motifs is 1. The van der Waals surface area contributed by atoms with E-state index >= 15 is 0 Å². The number of rotatable bonds is 7. The average molecular weight is 335 g/mol. The summed E-state index contributed by atoms with van der Waals surface area (Å²) in [6, 6.07) is 18.7. The Labute approximate surface area is 148 Å². The lowest BCUT2D eigenvalue weighted by atomic mass is 10.1. The van der Waals surface area contributed by atoms with Crippen LogP contribution in [0.2, 0.25) is 0 Å². The first-order chi connectivity index (χ1) is 12.2. The SMILES string of the molecule is CCC(C)NC(=O)CCCn1nc(-c2ccccc2)c2ccccc21. The number of nitrogens with zero attached hydrogens (tertiary/aromatic N) is 2. The lowest BCUT2D eigenvalue weighted by Gasteiger charge is -2.11. The normalized spacial score (nSPS) is 12.2. The monoisotopic (exact) mass is 335 g/mol. The Morgan fingerprint density at radius 2 is 1.84 bits per heavy atom. The Morgan fingerprint density at radius 1 is 1.12 bits per heavy atom. The Balaban J connectivity index is 1.75. The van der Waals surface area contributed by atoms with Crippen molar-refractivity contribution in [3.05, 3.63) is 54.6 Å². The maximum absolute atomic E-state index is 12.0. The zero-order valence-electron chi connectivity index (χ0n) is 14.9. The van der Waals surface area contributed by atoms with Crippen LogP contribution >= 0.6 is 0 Å². The van der Waals surface area contributed by atoms with Gasteiger partial charge in [-0.25, -0.2) is 0 Å². The topological polar surface area (TPSA) is 46.9 Å². The highest BCUT2D eigenvalue weighted by Gasteiger charge is 2.12. The first-order valence-corrected chi connectivity index (χ1v) is 8.99. The van der Waals surface area contributed by atoms with Crippen LogP contribution in [-0.2, 0) is 11.3 Å². The van der Waals surface area contributed by atoms with Gasteiger partial charge in [0.1, 0.15) is 5.69 Å². The summed E-state index contributed by atoms with van der Waals surface area (Å²) in [7, 11) is 0. The highest BCUT2D eigenvalue weighted by molar-refractivity contribution is 5.93. The highest BCUT2D eigenvalue weighted by atomic mass is 16.1. The van der Waals surface area contributed by atoms with Gasteiger partial charge in [0.15, 0.2) is 0 Å². The Hall–Kier alpha value is -2.62. The van der Waals surface area contributed by atoms with Gasteiger partial charge in [-0.15, -0.1) is 0 Å². The summed E-state index contributed by atoms with van der Waals surface area (Å²) in [4.78, 5) is 12.0. The third-order valence-corrected chi connectivity index (χ3v) is 4.50. The van der Waals surface area contributed by atoms with Crippen LogP contribution in [0.25, 0.3) is 22.2 Å². The Kier molecular flexibility index (Phi) is 5.49. The molecule has 0 bridgehead atoms. The summed E-state index contributed by atoms with van der Waals surface area (Å²) < 4.78 is 2.02. The fourth-order valence-corrected chi connectivity index (χ4v) is 2.95. The zero-order chi connectivity index (χ0) is 17.6. The number of hydrogen-bond donors (Lipinski definition) is 1. The summed E-state index contributed by atoms with van der Waals surface area (Å²) in [5.41, 5.74) is 3.23. The summed E-state index contributed by atoms with van der Waals surface area (Å²) >= 11 is 0. The van der Waals surface area contributed by atoms with Gasteiger partial charge < -0.3 is 5.32 Å². The van der Waals surface area contributed by atoms with E-state index in [9.17, 15) is 4.79 Å². The van der Waals surface area contributed by atoms with E-state index in [4.69, 9.17) is 5.10 Å². The molecule has 0 aliphatic carbocycles. The molecule has 0 saturated carbocycles. The van der Waals surface area contributed by atoms with Gasteiger partial charge in [0.25, 0.3) is 0 Å². The van der Waals surface area contributed by atoms with Crippen LogP contribution in [0.4, 0.5) is 0 Å². The maximum Gasteiger partial charge on any atom is 0.220 e. The number of nitrogens with one attached hydrogen (secondary N) is 1. The van der Waals surface area contributed by atoms with Gasteiger partial charge in [-0.3, -0.25) is 9.48 Å². The molecule has 1 atom stereocenters. The van der Waals surface area contributed by atoms with Crippen LogP contribution in [-0.4, -0.2) is 21.7 Å². The van der Waals surface area contributed by atoms with Crippen molar-refractivity contribution in [1.29, 1.82) is 0 Å². The number of hydrogen-bond acceptors (Lipinski definition) is 2. The van der Waals surface area contributed by atoms with Crippen molar-refractivity contribution in [2.45, 2.75) is 45.7 Å². The van der Waals surface area contributed by atoms with Crippen LogP contribution in [0, 0.1) is 0 Å². The molecule has 25 heavy (non-hydrogen) atoms. The third-order valence-electron chi connectivity index (χ3n) is 4.50. The lowest BCUT2D eigenvalue weighted by molar-refractivity contribution is -0.121. The lowest BCUT2D eigenvalue weighted by Crippen LogP contribution is -2.31. The van der Waals surface area contributed by atoms with Gasteiger partial charge in [-0.05, 0) is 25.8 Å². The molecule has 4 nitrogen and oxygen atoms in total. The molecule has 0 aliphatic heterocycles. The highest BCUT2D eigenvalue weighted by Crippen LogP contribution is 2.27. The molecule has 0 fully saturated rings. The Morgan fingerprint density at radius 3 is 2.60 bits per heavy atom. The second-order valence-electron chi connectivity index (χ2n) is 6.44. The van der Waals surface area contributed by atoms with Gasteiger partial charge in [0, 0.05) is 30.0 Å². The molecule has 1 unspecified atom stereocenters. The van der Waals surface area contributed by atoms with Crippen LogP contribution in [0.1, 0.15) is 33.1 Å². The van der Waals surface area contributed by atoms with Crippen LogP contribution in [0.15, 0.2) is 54.6 Å². The van der Waals surface area contributed by atoms with Crippen LogP contribution in [0.3, 0.4) is 0 Å². The summed E-state index contributed by atoms with van der Waals surface area (Å²) in [5.74, 6) is 0.120. The molecule has 130 valence electrons. The quantitative estimate of drug-likeness (QED) is 0.696. The second-order valence-corrected chi connectivity index (χ2v) is 6.44. The van der Waals surface area contributed by atoms with Crippen molar-refractivity contribution in [2.24, 2.45) is 0 Å². The molecule has 0 spiro atoms. The predicted molar refractivity (Wildman–Crippen MR) is 102 cm³/mol. The molecule has 4 heteroatoms. The minimum atomic E-state index is 0.120. The zero-order valence-corrected chi connectivity index (χ0v) is 14.9. The molecule has 0 radical (unpaired) electrons. The molecule has 2 aromatic carbocycles. The fraction of sp³-hybridized carbons (Fsp3) is 0.333. The third kappa shape index (κ3) is 4.08. The van der Waals surface area contributed by atoms with E-state index in [0.29, 0.717) is 6.42 Å². The van der Waals surface area contributed by atoms with E-state index in [1.54, 1.807) is 0 Å². The number of aryl methyl sites for hydroxylation is 1. The van der Waals surface area contributed by atoms with E-state index in [1.807, 2.05) is 41.9 Å². The first kappa shape index (κ1) is 17.2. The minimum Gasteiger partial charge on any atom is -0.354 e. The molecule has 1 aromatic heterocycles. The number of benzene rings is 2. The van der Waals surface area contributed by atoms with Crippen molar-refractivity contribution >= 4 is 16.8 Å². The van der Waals surface area contributed by atoms with E-state index in [2.05, 4.69) is 36.5 Å². The molecular weight excluding hydrogens is 310 g/mol. The van der Waals surface area contributed by atoms with E-state index < -0.39 is 0 Å². The second kappa shape index (κ2) is 7.97. The molecule has 1 amide bonds. The summed E-state index contributed by atoms with van der Waals surface area (Å²) in [6.45, 7) is 4.85. The summed E-state index contributed by atoms with van der Waals surface area (Å²) in [5, 5.41) is 8.98. The fourth-order valence-electron chi connectivity index (χ4n) is 2.95. The standard InChI is InChI=1S/C21H25N3O/c1-3-16(2)22-20(25)14-9-15-24-19-13-8-7-12-18(19)21(23-24)17-10-5-4-6-11-17/h4-8,10-13,16H,3,9,14-15H2,1-2H3,(H,22,25). The van der Waals surface area contributed by atoms with Crippen molar-refractivity contribution in [1.82, 2.24) is 15.1 Å². The number of carbonyl (C=O) groups is 1. The van der Waals surface area contributed by atoms with Gasteiger partial charge in [-0.1, -0.05) is 55.5 Å². The van der Waals surface area contributed by atoms with E-state index in [0.717, 1.165) is 41.5 Å². The summed E-state index contributed by atoms with van der Waals surface area (Å²) in [6.07, 6.45) is 2.26. The Bertz CT molecular complexity index is 839. The first-order valence-electron chi connectivity index (χ1n) is 8.99. The van der Waals surface area contributed by atoms with Crippen LogP contribution < -0.4 is 5.32 Å². The number of aromatic nitrogens is 2. The number of carbonyl (C=O) groups excluding carboxylic acids is 1. The largest absolute Gasteiger partial charge is 0.354 e. The van der Waals surface area contributed by atoms with E-state index in [1.165, 1.54) is 0 Å². The molecule has 3 aromatic rings. The molecule has 1 heterocycles. The average Bonchev–Trinajstić information content (AvgIpc) is 3.01. The molecule has 3 rings (SSSR count). The minimum absolute atomic E-state index is 0.120. The number of para-hydroxylation sites is 1. The van der Waals surface area contributed by atoms with Crippen LogP contribution in [0.5, 0.6) is 0 Å². The molecular formula is C21H25N3O. The van der Waals surface area contributed by atoms with Gasteiger partial charge in [0.05, 0.1) is 5.52 Å². The number of amides is 1. The smallest absolute Gasteiger partial charge is 0.220 e.